The quantitative estimate of drug-likeness (QED) is 0.677. The summed E-state index contributed by atoms with van der Waals surface area (Å²) < 4.78 is 14.8. The molecule has 3 rings (SSSR count). The summed E-state index contributed by atoms with van der Waals surface area (Å²) in [6.45, 7) is 1.92. The SMILES string of the molecule is Cc1cc(C(=O)c2c[nH]c3cccc(F)c23)sc1Br. The summed E-state index contributed by atoms with van der Waals surface area (Å²) in [5.41, 5.74) is 2.02. The van der Waals surface area contributed by atoms with E-state index in [-0.39, 0.29) is 11.6 Å². The fraction of sp³-hybridized carbons (Fsp3) is 0.0714. The first-order chi connectivity index (χ1) is 9.08. The van der Waals surface area contributed by atoms with E-state index in [4.69, 9.17) is 0 Å². The van der Waals surface area contributed by atoms with Gasteiger partial charge in [-0.15, -0.1) is 11.3 Å². The Morgan fingerprint density at radius 2 is 2.21 bits per heavy atom. The number of nitrogens with one attached hydrogen (secondary N) is 1. The Kier molecular flexibility index (Phi) is 3.03. The van der Waals surface area contributed by atoms with Gasteiger partial charge in [-0.2, -0.15) is 0 Å². The molecular weight excluding hydrogens is 329 g/mol. The van der Waals surface area contributed by atoms with Crippen LogP contribution in [0.15, 0.2) is 34.2 Å². The molecule has 19 heavy (non-hydrogen) atoms. The van der Waals surface area contributed by atoms with Crippen LogP contribution in [-0.4, -0.2) is 10.8 Å². The molecule has 0 aliphatic heterocycles. The topological polar surface area (TPSA) is 32.9 Å². The number of H-pyrrole nitrogens is 1. The molecule has 96 valence electrons. The molecule has 0 atom stereocenters. The fourth-order valence-electron chi connectivity index (χ4n) is 2.02. The van der Waals surface area contributed by atoms with Gasteiger partial charge in [-0.25, -0.2) is 4.39 Å². The molecule has 0 unspecified atom stereocenters. The first-order valence-corrected chi connectivity index (χ1v) is 7.25. The minimum atomic E-state index is -0.380. The van der Waals surface area contributed by atoms with Crippen LogP contribution in [0.2, 0.25) is 0 Å². The molecule has 0 saturated heterocycles. The summed E-state index contributed by atoms with van der Waals surface area (Å²) in [5.74, 6) is -0.537. The molecule has 5 heteroatoms. The summed E-state index contributed by atoms with van der Waals surface area (Å²) in [6.07, 6.45) is 1.57. The van der Waals surface area contributed by atoms with Crippen molar-refractivity contribution in [3.05, 3.63) is 56.1 Å². The molecule has 2 heterocycles. The Morgan fingerprint density at radius 3 is 2.89 bits per heavy atom. The van der Waals surface area contributed by atoms with E-state index in [9.17, 15) is 9.18 Å². The minimum absolute atomic E-state index is 0.157. The lowest BCUT2D eigenvalue weighted by Crippen LogP contribution is -1.98. The molecule has 0 saturated carbocycles. The molecule has 0 amide bonds. The van der Waals surface area contributed by atoms with Crippen molar-refractivity contribution in [2.75, 3.05) is 0 Å². The van der Waals surface area contributed by atoms with Gasteiger partial charge in [0.2, 0.25) is 5.78 Å². The van der Waals surface area contributed by atoms with E-state index in [1.807, 2.05) is 13.0 Å². The van der Waals surface area contributed by atoms with Crippen molar-refractivity contribution in [2.24, 2.45) is 0 Å². The van der Waals surface area contributed by atoms with Crippen LogP contribution in [0.3, 0.4) is 0 Å². The standard InChI is InChI=1S/C14H9BrFNOS/c1-7-5-11(19-14(7)15)13(18)8-6-17-10-4-2-3-9(16)12(8)10/h2-6,17H,1H3. The number of aromatic nitrogens is 1. The van der Waals surface area contributed by atoms with Crippen LogP contribution >= 0.6 is 27.3 Å². The number of hydrogen-bond acceptors (Lipinski definition) is 2. The zero-order valence-corrected chi connectivity index (χ0v) is 12.4. The van der Waals surface area contributed by atoms with E-state index in [1.54, 1.807) is 18.3 Å². The summed E-state index contributed by atoms with van der Waals surface area (Å²) in [6, 6.07) is 6.55. The molecule has 0 spiro atoms. The second kappa shape index (κ2) is 4.58. The number of aromatic amines is 1. The number of benzene rings is 1. The maximum Gasteiger partial charge on any atom is 0.205 e. The Labute approximate surface area is 121 Å². The van der Waals surface area contributed by atoms with Crippen LogP contribution in [0.1, 0.15) is 20.8 Å². The lowest BCUT2D eigenvalue weighted by atomic mass is 10.1. The first-order valence-electron chi connectivity index (χ1n) is 5.64. The van der Waals surface area contributed by atoms with Crippen LogP contribution < -0.4 is 0 Å². The van der Waals surface area contributed by atoms with Gasteiger partial charge in [-0.05, 0) is 46.6 Å². The van der Waals surface area contributed by atoms with E-state index in [1.165, 1.54) is 17.4 Å². The number of carbonyl (C=O) groups is 1. The molecule has 0 aliphatic carbocycles. The number of ketones is 1. The molecule has 3 aromatic rings. The van der Waals surface area contributed by atoms with Gasteiger partial charge in [-0.3, -0.25) is 4.79 Å². The van der Waals surface area contributed by atoms with Crippen LogP contribution in [0, 0.1) is 12.7 Å². The first kappa shape index (κ1) is 12.6. The third-order valence-electron chi connectivity index (χ3n) is 2.98. The van der Waals surface area contributed by atoms with Crippen molar-refractivity contribution in [3.8, 4) is 0 Å². The number of fused-ring (bicyclic) bond motifs is 1. The monoisotopic (exact) mass is 337 g/mol. The van der Waals surface area contributed by atoms with Crippen molar-refractivity contribution < 1.29 is 9.18 Å². The van der Waals surface area contributed by atoms with E-state index in [0.29, 0.717) is 21.3 Å². The van der Waals surface area contributed by atoms with Crippen molar-refractivity contribution in [2.45, 2.75) is 6.92 Å². The molecule has 2 nitrogen and oxygen atoms in total. The van der Waals surface area contributed by atoms with Crippen molar-refractivity contribution >= 4 is 44.0 Å². The number of hydrogen-bond donors (Lipinski definition) is 1. The van der Waals surface area contributed by atoms with Gasteiger partial charge in [0, 0.05) is 17.1 Å². The zero-order chi connectivity index (χ0) is 13.6. The van der Waals surface area contributed by atoms with E-state index >= 15 is 0 Å². The maximum absolute atomic E-state index is 13.9. The average molecular weight is 338 g/mol. The number of halogens is 2. The van der Waals surface area contributed by atoms with E-state index in [0.717, 1.165) is 9.35 Å². The van der Waals surface area contributed by atoms with E-state index < -0.39 is 0 Å². The third-order valence-corrected chi connectivity index (χ3v) is 5.12. The van der Waals surface area contributed by atoms with Crippen LogP contribution in [0.25, 0.3) is 10.9 Å². The van der Waals surface area contributed by atoms with Crippen LogP contribution in [-0.2, 0) is 0 Å². The second-order valence-corrected chi connectivity index (χ2v) is 6.63. The largest absolute Gasteiger partial charge is 0.360 e. The summed E-state index contributed by atoms with van der Waals surface area (Å²) in [5, 5.41) is 0.356. The van der Waals surface area contributed by atoms with Crippen molar-refractivity contribution in [3.63, 3.8) is 0 Å². The number of thiophene rings is 1. The lowest BCUT2D eigenvalue weighted by Gasteiger charge is -1.97. The molecule has 0 bridgehead atoms. The molecule has 0 fully saturated rings. The van der Waals surface area contributed by atoms with Gasteiger partial charge in [0.1, 0.15) is 5.82 Å². The lowest BCUT2D eigenvalue weighted by molar-refractivity contribution is 0.104. The Balaban J connectivity index is 2.17. The molecule has 1 N–H and O–H groups in total. The van der Waals surface area contributed by atoms with Gasteiger partial charge in [0.15, 0.2) is 0 Å². The molecular formula is C14H9BrFNOS. The summed E-state index contributed by atoms with van der Waals surface area (Å²) in [4.78, 5) is 16.0. The highest BCUT2D eigenvalue weighted by Gasteiger charge is 2.19. The predicted octanol–water partition coefficient (Wildman–Crippen LogP) is 4.67. The molecule has 2 aromatic heterocycles. The van der Waals surface area contributed by atoms with E-state index in [2.05, 4.69) is 20.9 Å². The highest BCUT2D eigenvalue weighted by molar-refractivity contribution is 9.11. The molecule has 0 radical (unpaired) electrons. The summed E-state index contributed by atoms with van der Waals surface area (Å²) >= 11 is 4.76. The maximum atomic E-state index is 13.9. The van der Waals surface area contributed by atoms with Gasteiger partial charge >= 0.3 is 0 Å². The Hall–Kier alpha value is -1.46. The zero-order valence-electron chi connectivity index (χ0n) is 9.96. The van der Waals surface area contributed by atoms with Gasteiger partial charge < -0.3 is 4.98 Å². The fourth-order valence-corrected chi connectivity index (χ4v) is 3.51. The predicted molar refractivity (Wildman–Crippen MR) is 78.4 cm³/mol. The normalized spacial score (nSPS) is 11.1. The van der Waals surface area contributed by atoms with Gasteiger partial charge in [-0.1, -0.05) is 6.07 Å². The van der Waals surface area contributed by atoms with Crippen molar-refractivity contribution in [1.82, 2.24) is 4.98 Å². The number of carbonyl (C=O) groups excluding carboxylic acids is 1. The Morgan fingerprint density at radius 1 is 1.42 bits per heavy atom. The van der Waals surface area contributed by atoms with Gasteiger partial charge in [0.25, 0.3) is 0 Å². The van der Waals surface area contributed by atoms with Crippen LogP contribution in [0.5, 0.6) is 0 Å². The molecule has 0 aliphatic rings. The average Bonchev–Trinajstić information content (AvgIpc) is 2.94. The highest BCUT2D eigenvalue weighted by atomic mass is 79.9. The number of aryl methyl sites for hydroxylation is 1. The third kappa shape index (κ3) is 2.03. The van der Waals surface area contributed by atoms with Gasteiger partial charge in [0.05, 0.1) is 14.2 Å². The van der Waals surface area contributed by atoms with Crippen LogP contribution in [0.4, 0.5) is 4.39 Å². The van der Waals surface area contributed by atoms with Crippen molar-refractivity contribution in [1.29, 1.82) is 0 Å². The second-order valence-electron chi connectivity index (χ2n) is 4.26. The molecule has 1 aromatic carbocycles. The highest BCUT2D eigenvalue weighted by Crippen LogP contribution is 2.31. The summed E-state index contributed by atoms with van der Waals surface area (Å²) in [7, 11) is 0. The minimum Gasteiger partial charge on any atom is -0.360 e. The smallest absolute Gasteiger partial charge is 0.205 e. The Bertz CT molecular complexity index is 770. The number of rotatable bonds is 2.